The van der Waals surface area contributed by atoms with Crippen molar-refractivity contribution >= 4 is 22.4 Å². The highest BCUT2D eigenvalue weighted by atomic mass is 16.1. The number of hydrogen-bond donors (Lipinski definition) is 2. The number of nitrogens with zero attached hydrogens (tertiary/aromatic N) is 5. The highest BCUT2D eigenvalue weighted by molar-refractivity contribution is 5.98. The van der Waals surface area contributed by atoms with Crippen molar-refractivity contribution < 1.29 is 0 Å². The van der Waals surface area contributed by atoms with Gasteiger partial charge in [-0.1, -0.05) is 20.4 Å². The summed E-state index contributed by atoms with van der Waals surface area (Å²) in [6, 6.07) is 2.08. The smallest absolute Gasteiger partial charge is 0.268 e. The molecule has 28 heavy (non-hydrogen) atoms. The van der Waals surface area contributed by atoms with Crippen molar-refractivity contribution in [2.45, 2.75) is 33.2 Å². The first-order valence-electron chi connectivity index (χ1n) is 9.71. The Morgan fingerprint density at radius 2 is 2.07 bits per heavy atom. The lowest BCUT2D eigenvalue weighted by atomic mass is 10.1. The van der Waals surface area contributed by atoms with Crippen LogP contribution < -0.4 is 11.3 Å². The second-order valence-electron chi connectivity index (χ2n) is 7.85. The van der Waals surface area contributed by atoms with Crippen LogP contribution in [-0.4, -0.2) is 42.5 Å². The average Bonchev–Trinajstić information content (AvgIpc) is 3.37. The highest BCUT2D eigenvalue weighted by Crippen LogP contribution is 2.29. The standard InChI is InChI=1S/C20H27N7O/c1-12(2)13(3)27-11-15(18-17(20(27)28)19(21)23-22-18)16-9-14(25(4)24-16)10-26-7-5-6-8-26/h9,11-12H,3,5-8,10H2,1-2,4H3,(H3,21,22,23). The molecule has 0 saturated carbocycles. The molecule has 8 heteroatoms. The lowest BCUT2D eigenvalue weighted by Crippen LogP contribution is -2.21. The van der Waals surface area contributed by atoms with Crippen LogP contribution in [0.2, 0.25) is 0 Å². The van der Waals surface area contributed by atoms with Crippen LogP contribution in [-0.2, 0) is 13.6 Å². The summed E-state index contributed by atoms with van der Waals surface area (Å²) >= 11 is 0. The second-order valence-corrected chi connectivity index (χ2v) is 7.85. The molecule has 0 bridgehead atoms. The molecule has 1 saturated heterocycles. The van der Waals surface area contributed by atoms with Crippen molar-refractivity contribution in [2.24, 2.45) is 13.0 Å². The molecule has 3 N–H and O–H groups in total. The van der Waals surface area contributed by atoms with Gasteiger partial charge >= 0.3 is 0 Å². The fourth-order valence-corrected chi connectivity index (χ4v) is 3.78. The molecule has 1 aliphatic rings. The Morgan fingerprint density at radius 1 is 1.36 bits per heavy atom. The fraction of sp³-hybridized carbons (Fsp3) is 0.450. The van der Waals surface area contributed by atoms with Gasteiger partial charge in [0, 0.05) is 31.0 Å². The maximum absolute atomic E-state index is 13.0. The number of anilines is 1. The molecular weight excluding hydrogens is 354 g/mol. The lowest BCUT2D eigenvalue weighted by Gasteiger charge is -2.14. The van der Waals surface area contributed by atoms with Gasteiger partial charge in [-0.05, 0) is 37.9 Å². The molecule has 0 amide bonds. The van der Waals surface area contributed by atoms with E-state index < -0.39 is 0 Å². The highest BCUT2D eigenvalue weighted by Gasteiger charge is 2.21. The number of aryl methyl sites for hydroxylation is 1. The van der Waals surface area contributed by atoms with Crippen molar-refractivity contribution in [2.75, 3.05) is 18.8 Å². The molecule has 8 nitrogen and oxygen atoms in total. The summed E-state index contributed by atoms with van der Waals surface area (Å²) in [7, 11) is 1.95. The Labute approximate surface area is 163 Å². The first kappa shape index (κ1) is 18.5. The van der Waals surface area contributed by atoms with E-state index >= 15 is 0 Å². The number of nitrogen functional groups attached to an aromatic ring is 1. The number of pyridine rings is 1. The maximum atomic E-state index is 13.0. The summed E-state index contributed by atoms with van der Waals surface area (Å²) < 4.78 is 3.48. The minimum atomic E-state index is -0.211. The van der Waals surface area contributed by atoms with Crippen LogP contribution in [0.3, 0.4) is 0 Å². The van der Waals surface area contributed by atoms with Gasteiger partial charge < -0.3 is 5.73 Å². The van der Waals surface area contributed by atoms with Gasteiger partial charge in [0.25, 0.3) is 5.56 Å². The molecule has 0 aromatic carbocycles. The van der Waals surface area contributed by atoms with Crippen molar-refractivity contribution in [3.8, 4) is 11.3 Å². The zero-order valence-corrected chi connectivity index (χ0v) is 16.7. The molecule has 0 radical (unpaired) electrons. The topological polar surface area (TPSA) is 97.8 Å². The number of H-pyrrole nitrogens is 1. The van der Waals surface area contributed by atoms with E-state index in [1.54, 1.807) is 10.8 Å². The van der Waals surface area contributed by atoms with Crippen molar-refractivity contribution in [1.82, 2.24) is 29.4 Å². The number of likely N-dealkylation sites (tertiary alicyclic amines) is 1. The van der Waals surface area contributed by atoms with Crippen LogP contribution in [0.5, 0.6) is 0 Å². The summed E-state index contributed by atoms with van der Waals surface area (Å²) in [4.78, 5) is 15.4. The molecule has 1 aliphatic heterocycles. The van der Waals surface area contributed by atoms with Crippen LogP contribution in [0.4, 0.5) is 5.82 Å². The Hall–Kier alpha value is -2.87. The first-order valence-corrected chi connectivity index (χ1v) is 9.71. The number of hydrogen-bond acceptors (Lipinski definition) is 5. The minimum Gasteiger partial charge on any atom is -0.382 e. The van der Waals surface area contributed by atoms with Gasteiger partial charge in [0.1, 0.15) is 5.39 Å². The van der Waals surface area contributed by atoms with Crippen LogP contribution >= 0.6 is 0 Å². The number of aromatic amines is 1. The van der Waals surface area contributed by atoms with E-state index in [0.717, 1.165) is 36.6 Å². The molecular formula is C20H27N7O. The predicted molar refractivity (Wildman–Crippen MR) is 112 cm³/mol. The van der Waals surface area contributed by atoms with E-state index in [1.807, 2.05) is 25.6 Å². The van der Waals surface area contributed by atoms with Crippen LogP contribution in [0, 0.1) is 5.92 Å². The summed E-state index contributed by atoms with van der Waals surface area (Å²) in [6.07, 6.45) is 4.30. The van der Waals surface area contributed by atoms with Crippen molar-refractivity contribution in [3.63, 3.8) is 0 Å². The van der Waals surface area contributed by atoms with E-state index in [1.165, 1.54) is 12.8 Å². The van der Waals surface area contributed by atoms with E-state index in [-0.39, 0.29) is 17.3 Å². The fourth-order valence-electron chi connectivity index (χ4n) is 3.78. The van der Waals surface area contributed by atoms with Gasteiger partial charge in [0.15, 0.2) is 5.82 Å². The molecule has 4 heterocycles. The maximum Gasteiger partial charge on any atom is 0.268 e. The molecule has 1 fully saturated rings. The summed E-state index contributed by atoms with van der Waals surface area (Å²) in [5, 5.41) is 12.1. The molecule has 3 aromatic heterocycles. The largest absolute Gasteiger partial charge is 0.382 e. The van der Waals surface area contributed by atoms with Crippen molar-refractivity contribution in [1.29, 1.82) is 0 Å². The van der Waals surface area contributed by atoms with Gasteiger partial charge in [0.2, 0.25) is 0 Å². The Bertz CT molecular complexity index is 1100. The summed E-state index contributed by atoms with van der Waals surface area (Å²) in [5.41, 5.74) is 9.83. The third-order valence-electron chi connectivity index (χ3n) is 5.57. The number of rotatable bonds is 5. The molecule has 148 valence electrons. The Morgan fingerprint density at radius 3 is 2.75 bits per heavy atom. The first-order chi connectivity index (χ1) is 13.4. The monoisotopic (exact) mass is 381 g/mol. The Balaban J connectivity index is 1.85. The third-order valence-corrected chi connectivity index (χ3v) is 5.57. The minimum absolute atomic E-state index is 0.116. The number of nitrogens with two attached hydrogens (primary N) is 1. The van der Waals surface area contributed by atoms with E-state index in [9.17, 15) is 4.79 Å². The Kier molecular flexibility index (Phi) is 4.58. The summed E-state index contributed by atoms with van der Waals surface area (Å²) in [5.74, 6) is 0.311. The normalized spacial score (nSPS) is 15.1. The number of allylic oxidation sites excluding steroid dienone is 1. The molecule has 0 unspecified atom stereocenters. The lowest BCUT2D eigenvalue weighted by molar-refractivity contribution is 0.321. The molecule has 0 aliphatic carbocycles. The summed E-state index contributed by atoms with van der Waals surface area (Å²) in [6.45, 7) is 11.2. The number of aromatic nitrogens is 5. The average molecular weight is 381 g/mol. The van der Waals surface area contributed by atoms with Gasteiger partial charge in [-0.25, -0.2) is 0 Å². The molecule has 0 atom stereocenters. The second kappa shape index (κ2) is 6.94. The van der Waals surface area contributed by atoms with E-state index in [0.29, 0.717) is 16.6 Å². The van der Waals surface area contributed by atoms with E-state index in [2.05, 4.69) is 27.7 Å². The quantitative estimate of drug-likeness (QED) is 0.707. The van der Waals surface area contributed by atoms with Crippen LogP contribution in [0.1, 0.15) is 32.4 Å². The van der Waals surface area contributed by atoms with Crippen LogP contribution in [0.25, 0.3) is 27.9 Å². The van der Waals surface area contributed by atoms with Gasteiger partial charge in [-0.15, -0.1) is 0 Å². The zero-order chi connectivity index (χ0) is 20.0. The predicted octanol–water partition coefficient (Wildman–Crippen LogP) is 2.43. The van der Waals surface area contributed by atoms with Crippen LogP contribution in [0.15, 0.2) is 23.6 Å². The van der Waals surface area contributed by atoms with E-state index in [4.69, 9.17) is 10.8 Å². The molecule has 4 rings (SSSR count). The van der Waals surface area contributed by atoms with Gasteiger partial charge in [0.05, 0.1) is 16.9 Å². The van der Waals surface area contributed by atoms with Gasteiger partial charge in [-0.3, -0.25) is 24.0 Å². The van der Waals surface area contributed by atoms with Gasteiger partial charge in [-0.2, -0.15) is 10.2 Å². The molecule has 3 aromatic rings. The third kappa shape index (κ3) is 3.03. The zero-order valence-electron chi connectivity index (χ0n) is 16.7. The number of fused-ring (bicyclic) bond motifs is 1. The number of nitrogens with one attached hydrogen (secondary N) is 1. The van der Waals surface area contributed by atoms with Crippen molar-refractivity contribution in [3.05, 3.63) is 34.9 Å². The SMILES string of the molecule is C=C(C(C)C)n1cc(-c2cc(CN3CCCC3)n(C)n2)c2[nH]nc(N)c2c1=O. The molecule has 0 spiro atoms.